The molecule has 0 bridgehead atoms. The Morgan fingerprint density at radius 1 is 1.24 bits per heavy atom. The third-order valence-electron chi connectivity index (χ3n) is 3.69. The summed E-state index contributed by atoms with van der Waals surface area (Å²) < 4.78 is 5.47. The molecule has 0 aromatic rings. The zero-order valence-corrected chi connectivity index (χ0v) is 11.4. The molecule has 0 spiro atoms. The van der Waals surface area contributed by atoms with E-state index in [2.05, 4.69) is 11.9 Å². The number of piperidine rings is 1. The first-order chi connectivity index (χ1) is 7.87. The fourth-order valence-electron chi connectivity index (χ4n) is 2.85. The summed E-state index contributed by atoms with van der Waals surface area (Å²) in [5.41, 5.74) is -0.393. The maximum Gasteiger partial charge on any atom is 0.410 e. The first-order valence-corrected chi connectivity index (χ1v) is 6.55. The zero-order valence-electron chi connectivity index (χ0n) is 11.4. The third-order valence-corrected chi connectivity index (χ3v) is 3.69. The maximum atomic E-state index is 12.1. The van der Waals surface area contributed by atoms with Crippen LogP contribution >= 0.6 is 0 Å². The van der Waals surface area contributed by atoms with Crippen LogP contribution in [-0.2, 0) is 4.74 Å². The van der Waals surface area contributed by atoms with Crippen molar-refractivity contribution in [2.75, 3.05) is 26.7 Å². The standard InChI is InChI=1S/C13H24N2O2/c1-13(2,3)17-12(16)15-8-6-10-5-7-14(4)9-11(10)15/h10-11H,5-9H2,1-4H3/t10-,11+/m0/s1. The maximum absolute atomic E-state index is 12.1. The quantitative estimate of drug-likeness (QED) is 0.649. The highest BCUT2D eigenvalue weighted by Crippen LogP contribution is 2.32. The molecule has 0 N–H and O–H groups in total. The van der Waals surface area contributed by atoms with Gasteiger partial charge >= 0.3 is 6.09 Å². The van der Waals surface area contributed by atoms with Crippen molar-refractivity contribution in [2.45, 2.75) is 45.3 Å². The van der Waals surface area contributed by atoms with Gasteiger partial charge in [0.05, 0.1) is 6.04 Å². The molecule has 2 rings (SSSR count). The van der Waals surface area contributed by atoms with Crippen LogP contribution in [0, 0.1) is 5.92 Å². The van der Waals surface area contributed by atoms with Gasteiger partial charge in [-0.15, -0.1) is 0 Å². The summed E-state index contributed by atoms with van der Waals surface area (Å²) in [4.78, 5) is 16.4. The molecule has 0 unspecified atom stereocenters. The lowest BCUT2D eigenvalue weighted by Gasteiger charge is -2.37. The van der Waals surface area contributed by atoms with Crippen LogP contribution in [0.4, 0.5) is 4.79 Å². The first kappa shape index (κ1) is 12.7. The monoisotopic (exact) mass is 240 g/mol. The highest BCUT2D eigenvalue weighted by Gasteiger charge is 2.41. The Morgan fingerprint density at radius 2 is 1.88 bits per heavy atom. The van der Waals surface area contributed by atoms with E-state index in [0.717, 1.165) is 26.1 Å². The van der Waals surface area contributed by atoms with E-state index < -0.39 is 5.60 Å². The van der Waals surface area contributed by atoms with Gasteiger partial charge < -0.3 is 14.5 Å². The number of rotatable bonds is 0. The summed E-state index contributed by atoms with van der Waals surface area (Å²) in [6.07, 6.45) is 2.21. The molecule has 0 aromatic heterocycles. The van der Waals surface area contributed by atoms with Crippen molar-refractivity contribution in [3.63, 3.8) is 0 Å². The van der Waals surface area contributed by atoms with Crippen molar-refractivity contribution in [3.05, 3.63) is 0 Å². The third kappa shape index (κ3) is 2.92. The Morgan fingerprint density at radius 3 is 2.53 bits per heavy atom. The van der Waals surface area contributed by atoms with Crippen molar-refractivity contribution < 1.29 is 9.53 Å². The summed E-state index contributed by atoms with van der Waals surface area (Å²) in [5.74, 6) is 0.679. The summed E-state index contributed by atoms with van der Waals surface area (Å²) in [5, 5.41) is 0. The molecule has 0 saturated carbocycles. The second-order valence-corrected chi connectivity index (χ2v) is 6.34. The minimum absolute atomic E-state index is 0.139. The lowest BCUT2D eigenvalue weighted by molar-refractivity contribution is 0.0143. The van der Waals surface area contributed by atoms with E-state index in [9.17, 15) is 4.79 Å². The molecular weight excluding hydrogens is 216 g/mol. The van der Waals surface area contributed by atoms with Gasteiger partial charge in [-0.25, -0.2) is 4.79 Å². The normalized spacial score (nSPS) is 30.2. The van der Waals surface area contributed by atoms with Crippen LogP contribution in [0.5, 0.6) is 0 Å². The number of nitrogens with zero attached hydrogens (tertiary/aromatic N) is 2. The van der Waals surface area contributed by atoms with Crippen molar-refractivity contribution in [2.24, 2.45) is 5.92 Å². The predicted molar refractivity (Wildman–Crippen MR) is 66.9 cm³/mol. The number of fused-ring (bicyclic) bond motifs is 1. The van der Waals surface area contributed by atoms with Gasteiger partial charge in [0.2, 0.25) is 0 Å². The number of ether oxygens (including phenoxy) is 1. The molecule has 2 saturated heterocycles. The summed E-state index contributed by atoms with van der Waals surface area (Å²) in [6.45, 7) is 8.77. The molecule has 0 radical (unpaired) electrons. The largest absolute Gasteiger partial charge is 0.444 e. The van der Waals surface area contributed by atoms with Crippen LogP contribution in [-0.4, -0.2) is 54.2 Å². The average molecular weight is 240 g/mol. The summed E-state index contributed by atoms with van der Waals surface area (Å²) >= 11 is 0. The van der Waals surface area contributed by atoms with Crippen LogP contribution in [0.25, 0.3) is 0 Å². The molecular formula is C13H24N2O2. The van der Waals surface area contributed by atoms with E-state index in [-0.39, 0.29) is 6.09 Å². The van der Waals surface area contributed by atoms with Crippen molar-refractivity contribution in [1.82, 2.24) is 9.80 Å². The second-order valence-electron chi connectivity index (χ2n) is 6.34. The highest BCUT2D eigenvalue weighted by atomic mass is 16.6. The van der Waals surface area contributed by atoms with Gasteiger partial charge in [-0.3, -0.25) is 0 Å². The van der Waals surface area contributed by atoms with Crippen LogP contribution in [0.1, 0.15) is 33.6 Å². The molecule has 2 heterocycles. The van der Waals surface area contributed by atoms with Crippen LogP contribution < -0.4 is 0 Å². The Hall–Kier alpha value is -0.770. The molecule has 4 nitrogen and oxygen atoms in total. The molecule has 2 fully saturated rings. The van der Waals surface area contributed by atoms with Gasteiger partial charge in [-0.2, -0.15) is 0 Å². The molecule has 2 aliphatic heterocycles. The highest BCUT2D eigenvalue weighted by molar-refractivity contribution is 5.69. The molecule has 2 atom stereocenters. The molecule has 0 aromatic carbocycles. The molecule has 98 valence electrons. The van der Waals surface area contributed by atoms with E-state index in [4.69, 9.17) is 4.74 Å². The van der Waals surface area contributed by atoms with Crippen molar-refractivity contribution >= 4 is 6.09 Å². The average Bonchev–Trinajstić information content (AvgIpc) is 2.57. The van der Waals surface area contributed by atoms with E-state index in [1.165, 1.54) is 6.42 Å². The van der Waals surface area contributed by atoms with E-state index in [1.54, 1.807) is 0 Å². The number of amides is 1. The zero-order chi connectivity index (χ0) is 12.6. The van der Waals surface area contributed by atoms with Crippen LogP contribution in [0.2, 0.25) is 0 Å². The van der Waals surface area contributed by atoms with Crippen molar-refractivity contribution in [1.29, 1.82) is 0 Å². The number of carbonyl (C=O) groups is 1. The van der Waals surface area contributed by atoms with Crippen LogP contribution in [0.15, 0.2) is 0 Å². The Kier molecular flexibility index (Phi) is 3.34. The van der Waals surface area contributed by atoms with E-state index >= 15 is 0 Å². The van der Waals surface area contributed by atoms with Gasteiger partial charge in [0, 0.05) is 13.1 Å². The number of likely N-dealkylation sites (tertiary alicyclic amines) is 2. The fraction of sp³-hybridized carbons (Fsp3) is 0.923. The first-order valence-electron chi connectivity index (χ1n) is 6.55. The minimum Gasteiger partial charge on any atom is -0.444 e. The molecule has 2 aliphatic rings. The van der Waals surface area contributed by atoms with Crippen molar-refractivity contribution in [3.8, 4) is 0 Å². The Balaban J connectivity index is 1.99. The number of hydrogen-bond acceptors (Lipinski definition) is 3. The smallest absolute Gasteiger partial charge is 0.410 e. The number of likely N-dealkylation sites (N-methyl/N-ethyl adjacent to an activating group) is 1. The summed E-state index contributed by atoms with van der Waals surface area (Å²) in [7, 11) is 2.13. The molecule has 0 aliphatic carbocycles. The number of carbonyl (C=O) groups excluding carboxylic acids is 1. The van der Waals surface area contributed by atoms with Gasteiger partial charge in [0.15, 0.2) is 0 Å². The van der Waals surface area contributed by atoms with Gasteiger partial charge in [0.25, 0.3) is 0 Å². The topological polar surface area (TPSA) is 32.8 Å². The SMILES string of the molecule is CN1CC[C@H]2CCN(C(=O)OC(C)(C)C)[C@@H]2C1. The predicted octanol–water partition coefficient (Wildman–Crippen LogP) is 1.95. The lowest BCUT2D eigenvalue weighted by atomic mass is 9.92. The Labute approximate surface area is 104 Å². The fourth-order valence-corrected chi connectivity index (χ4v) is 2.85. The number of hydrogen-bond donors (Lipinski definition) is 0. The Bertz CT molecular complexity index is 298. The van der Waals surface area contributed by atoms with Crippen LogP contribution in [0.3, 0.4) is 0 Å². The minimum atomic E-state index is -0.393. The molecule has 17 heavy (non-hydrogen) atoms. The summed E-state index contributed by atoms with van der Waals surface area (Å²) in [6, 6.07) is 0.364. The lowest BCUT2D eigenvalue weighted by Crippen LogP contribution is -2.49. The van der Waals surface area contributed by atoms with Gasteiger partial charge in [-0.05, 0) is 53.1 Å². The second kappa shape index (κ2) is 4.48. The molecule has 4 heteroatoms. The molecule has 1 amide bonds. The van der Waals surface area contributed by atoms with E-state index in [0.29, 0.717) is 12.0 Å². The van der Waals surface area contributed by atoms with Gasteiger partial charge in [-0.1, -0.05) is 0 Å². The van der Waals surface area contributed by atoms with E-state index in [1.807, 2.05) is 25.7 Å². The van der Waals surface area contributed by atoms with Gasteiger partial charge in [0.1, 0.15) is 5.60 Å².